The number of nitrogens with zero attached hydrogens (tertiary/aromatic N) is 7. The van der Waals surface area contributed by atoms with Crippen LogP contribution in [0, 0.1) is 0 Å². The minimum atomic E-state index is -0.0992. The van der Waals surface area contributed by atoms with Gasteiger partial charge >= 0.3 is 0 Å². The molecule has 3 heterocycles. The van der Waals surface area contributed by atoms with Crippen LogP contribution >= 0.6 is 0 Å². The zero-order chi connectivity index (χ0) is 18.5. The Bertz CT molecular complexity index is 750. The summed E-state index contributed by atoms with van der Waals surface area (Å²) < 4.78 is 12.3. The normalized spacial score (nSPS) is 18.4. The van der Waals surface area contributed by atoms with Crippen LogP contribution in [0.1, 0.15) is 49.1 Å². The standard InChI is InChI=1S/C16H24N8O3/c25-15(17-10-13-18-16(27-20-13)12-2-1-3-12)4-5-24-14(19-21-22-24)11-23-6-8-26-9-7-23/h12H,1-11H2,(H,17,25). The van der Waals surface area contributed by atoms with Crippen LogP contribution in [0.3, 0.4) is 0 Å². The molecule has 146 valence electrons. The molecular formula is C16H24N8O3. The van der Waals surface area contributed by atoms with Crippen molar-refractivity contribution in [2.24, 2.45) is 0 Å². The molecule has 1 aliphatic heterocycles. The summed E-state index contributed by atoms with van der Waals surface area (Å²) in [6, 6.07) is 0. The summed E-state index contributed by atoms with van der Waals surface area (Å²) in [5, 5.41) is 18.5. The number of nitrogens with one attached hydrogen (secondary N) is 1. The quantitative estimate of drug-likeness (QED) is 0.670. The van der Waals surface area contributed by atoms with Gasteiger partial charge in [-0.3, -0.25) is 9.69 Å². The lowest BCUT2D eigenvalue weighted by Gasteiger charge is -2.25. The van der Waals surface area contributed by atoms with E-state index in [-0.39, 0.29) is 18.9 Å². The summed E-state index contributed by atoms with van der Waals surface area (Å²) in [5.74, 6) is 2.25. The van der Waals surface area contributed by atoms with Gasteiger partial charge in [-0.05, 0) is 23.3 Å². The zero-order valence-corrected chi connectivity index (χ0v) is 15.2. The molecule has 1 N–H and O–H groups in total. The van der Waals surface area contributed by atoms with Crippen molar-refractivity contribution in [3.05, 3.63) is 17.5 Å². The highest BCUT2D eigenvalue weighted by atomic mass is 16.5. The lowest BCUT2D eigenvalue weighted by Crippen LogP contribution is -2.36. The smallest absolute Gasteiger partial charge is 0.229 e. The molecule has 27 heavy (non-hydrogen) atoms. The summed E-state index contributed by atoms with van der Waals surface area (Å²) in [7, 11) is 0. The molecular weight excluding hydrogens is 352 g/mol. The van der Waals surface area contributed by atoms with E-state index in [0.29, 0.717) is 30.7 Å². The Morgan fingerprint density at radius 2 is 2.11 bits per heavy atom. The average molecular weight is 376 g/mol. The van der Waals surface area contributed by atoms with Crippen molar-refractivity contribution < 1.29 is 14.1 Å². The van der Waals surface area contributed by atoms with Crippen LogP contribution in [0.4, 0.5) is 0 Å². The number of hydrogen-bond acceptors (Lipinski definition) is 9. The summed E-state index contributed by atoms with van der Waals surface area (Å²) in [5.41, 5.74) is 0. The van der Waals surface area contributed by atoms with Crippen LogP contribution in [0.2, 0.25) is 0 Å². The third-order valence-corrected chi connectivity index (χ3v) is 5.01. The topological polar surface area (TPSA) is 124 Å². The number of aryl methyl sites for hydroxylation is 1. The van der Waals surface area contributed by atoms with Gasteiger partial charge in [0.2, 0.25) is 11.8 Å². The number of hydrogen-bond donors (Lipinski definition) is 1. The molecule has 11 heteroatoms. The number of morpholine rings is 1. The Kier molecular flexibility index (Phi) is 5.68. The molecule has 4 rings (SSSR count). The fraction of sp³-hybridized carbons (Fsp3) is 0.750. The van der Waals surface area contributed by atoms with E-state index in [1.165, 1.54) is 6.42 Å². The highest BCUT2D eigenvalue weighted by Gasteiger charge is 2.25. The van der Waals surface area contributed by atoms with Crippen molar-refractivity contribution in [2.75, 3.05) is 26.3 Å². The van der Waals surface area contributed by atoms with Gasteiger partial charge in [-0.1, -0.05) is 11.6 Å². The van der Waals surface area contributed by atoms with Gasteiger partial charge in [-0.25, -0.2) is 4.68 Å². The van der Waals surface area contributed by atoms with E-state index in [1.54, 1.807) is 4.68 Å². The van der Waals surface area contributed by atoms with Crippen molar-refractivity contribution in [1.82, 2.24) is 40.6 Å². The van der Waals surface area contributed by atoms with Gasteiger partial charge in [0.05, 0.1) is 32.8 Å². The van der Waals surface area contributed by atoms with Crippen LogP contribution in [-0.2, 0) is 29.2 Å². The van der Waals surface area contributed by atoms with Crippen LogP contribution in [-0.4, -0.2) is 67.5 Å². The highest BCUT2D eigenvalue weighted by molar-refractivity contribution is 5.75. The number of ether oxygens (including phenoxy) is 1. The second-order valence-corrected chi connectivity index (χ2v) is 6.91. The Labute approximate surface area is 156 Å². The van der Waals surface area contributed by atoms with Crippen LogP contribution in [0.15, 0.2) is 4.52 Å². The molecule has 2 aliphatic rings. The van der Waals surface area contributed by atoms with E-state index in [1.807, 2.05) is 0 Å². The van der Waals surface area contributed by atoms with E-state index in [9.17, 15) is 4.79 Å². The molecule has 2 aromatic heterocycles. The molecule has 1 amide bonds. The van der Waals surface area contributed by atoms with Crippen LogP contribution in [0.5, 0.6) is 0 Å². The first-order valence-electron chi connectivity index (χ1n) is 9.42. The van der Waals surface area contributed by atoms with Gasteiger partial charge in [0.1, 0.15) is 0 Å². The number of carbonyl (C=O) groups is 1. The van der Waals surface area contributed by atoms with Crippen molar-refractivity contribution in [1.29, 1.82) is 0 Å². The van der Waals surface area contributed by atoms with E-state index >= 15 is 0 Å². The molecule has 1 saturated carbocycles. The Morgan fingerprint density at radius 1 is 1.26 bits per heavy atom. The molecule has 11 nitrogen and oxygen atoms in total. The van der Waals surface area contributed by atoms with Gasteiger partial charge in [-0.2, -0.15) is 4.98 Å². The average Bonchev–Trinajstić information content (AvgIpc) is 3.27. The number of tetrazole rings is 1. The monoisotopic (exact) mass is 376 g/mol. The first kappa shape index (κ1) is 18.0. The predicted octanol–water partition coefficient (Wildman–Crippen LogP) is -0.138. The fourth-order valence-corrected chi connectivity index (χ4v) is 3.10. The van der Waals surface area contributed by atoms with Crippen molar-refractivity contribution in [3.63, 3.8) is 0 Å². The van der Waals surface area contributed by atoms with Crippen molar-refractivity contribution in [3.8, 4) is 0 Å². The lowest BCUT2D eigenvalue weighted by atomic mass is 9.85. The lowest BCUT2D eigenvalue weighted by molar-refractivity contribution is -0.121. The van der Waals surface area contributed by atoms with Gasteiger partial charge < -0.3 is 14.6 Å². The molecule has 0 atom stereocenters. The summed E-state index contributed by atoms with van der Waals surface area (Å²) >= 11 is 0. The maximum atomic E-state index is 12.1. The first-order valence-corrected chi connectivity index (χ1v) is 9.42. The highest BCUT2D eigenvalue weighted by Crippen LogP contribution is 2.35. The fourth-order valence-electron chi connectivity index (χ4n) is 3.10. The maximum absolute atomic E-state index is 12.1. The van der Waals surface area contributed by atoms with Crippen molar-refractivity contribution >= 4 is 5.91 Å². The maximum Gasteiger partial charge on any atom is 0.229 e. The van der Waals surface area contributed by atoms with E-state index in [0.717, 1.165) is 45.0 Å². The molecule has 0 radical (unpaired) electrons. The largest absolute Gasteiger partial charge is 0.379 e. The molecule has 2 fully saturated rings. The van der Waals surface area contributed by atoms with E-state index in [2.05, 4.69) is 35.9 Å². The molecule has 0 aromatic carbocycles. The second-order valence-electron chi connectivity index (χ2n) is 6.91. The molecule has 0 unspecified atom stereocenters. The Hall–Kier alpha value is -2.40. The van der Waals surface area contributed by atoms with Crippen LogP contribution in [0.25, 0.3) is 0 Å². The molecule has 1 aliphatic carbocycles. The van der Waals surface area contributed by atoms with E-state index in [4.69, 9.17) is 9.26 Å². The van der Waals surface area contributed by atoms with Gasteiger partial charge in [0, 0.05) is 25.4 Å². The number of aromatic nitrogens is 6. The summed E-state index contributed by atoms with van der Waals surface area (Å²) in [6.45, 7) is 4.53. The third kappa shape index (κ3) is 4.66. The zero-order valence-electron chi connectivity index (χ0n) is 15.2. The molecule has 0 bridgehead atoms. The minimum absolute atomic E-state index is 0.0992. The van der Waals surface area contributed by atoms with Gasteiger partial charge in [-0.15, -0.1) is 5.10 Å². The first-order chi connectivity index (χ1) is 13.3. The van der Waals surface area contributed by atoms with Gasteiger partial charge in [0.25, 0.3) is 0 Å². The number of amides is 1. The molecule has 1 saturated heterocycles. The van der Waals surface area contributed by atoms with E-state index < -0.39 is 0 Å². The third-order valence-electron chi connectivity index (χ3n) is 5.01. The summed E-state index contributed by atoms with van der Waals surface area (Å²) in [4.78, 5) is 18.7. The second kappa shape index (κ2) is 8.53. The molecule has 2 aromatic rings. The Balaban J connectivity index is 1.21. The predicted molar refractivity (Wildman–Crippen MR) is 91.3 cm³/mol. The number of carbonyl (C=O) groups excluding carboxylic acids is 1. The molecule has 0 spiro atoms. The van der Waals surface area contributed by atoms with Gasteiger partial charge in [0.15, 0.2) is 11.6 Å². The Morgan fingerprint density at radius 3 is 2.89 bits per heavy atom. The summed E-state index contributed by atoms with van der Waals surface area (Å²) in [6.07, 6.45) is 3.71. The van der Waals surface area contributed by atoms with Crippen molar-refractivity contribution in [2.45, 2.75) is 51.2 Å². The van der Waals surface area contributed by atoms with Crippen LogP contribution < -0.4 is 5.32 Å². The number of rotatable bonds is 8. The minimum Gasteiger partial charge on any atom is -0.379 e. The SMILES string of the molecule is O=C(CCn1nnnc1CN1CCOCC1)NCc1noc(C2CCC2)n1.